The summed E-state index contributed by atoms with van der Waals surface area (Å²) in [6.07, 6.45) is 2.59. The molecule has 3 heteroatoms. The van der Waals surface area contributed by atoms with E-state index < -0.39 is 5.54 Å². The molecule has 16 heavy (non-hydrogen) atoms. The largest absolute Gasteiger partial charge is 0.468 e. The van der Waals surface area contributed by atoms with Gasteiger partial charge in [-0.15, -0.1) is 0 Å². The third-order valence-electron chi connectivity index (χ3n) is 3.17. The number of ether oxygens (including phenoxy) is 1. The Labute approximate surface area is 95.8 Å². The smallest absolute Gasteiger partial charge is 0.326 e. The van der Waals surface area contributed by atoms with Gasteiger partial charge in [0, 0.05) is 6.42 Å². The Bertz CT molecular complexity index is 355. The predicted molar refractivity (Wildman–Crippen MR) is 62.1 cm³/mol. The standard InChI is InChI=1S/C13H17NO2/c1-16-12(15)13(8-5-9-14-13)10-11-6-3-2-4-7-11/h2-4,6-7,14H,5,8-10H2,1H3. The van der Waals surface area contributed by atoms with Crippen molar-refractivity contribution in [1.82, 2.24) is 5.32 Å². The van der Waals surface area contributed by atoms with E-state index in [1.165, 1.54) is 12.7 Å². The van der Waals surface area contributed by atoms with Crippen molar-refractivity contribution >= 4 is 5.97 Å². The van der Waals surface area contributed by atoms with Crippen LogP contribution in [0.3, 0.4) is 0 Å². The number of hydrogen-bond acceptors (Lipinski definition) is 3. The van der Waals surface area contributed by atoms with Gasteiger partial charge >= 0.3 is 5.97 Å². The Morgan fingerprint density at radius 1 is 1.44 bits per heavy atom. The zero-order valence-electron chi connectivity index (χ0n) is 9.53. The van der Waals surface area contributed by atoms with Crippen LogP contribution in [0.2, 0.25) is 0 Å². The van der Waals surface area contributed by atoms with Crippen LogP contribution in [0, 0.1) is 0 Å². The topological polar surface area (TPSA) is 38.3 Å². The lowest BCUT2D eigenvalue weighted by atomic mass is 9.89. The number of carbonyl (C=O) groups excluding carboxylic acids is 1. The first kappa shape index (κ1) is 11.1. The second-order valence-corrected chi connectivity index (χ2v) is 4.27. The Balaban J connectivity index is 2.18. The summed E-state index contributed by atoms with van der Waals surface area (Å²) >= 11 is 0. The van der Waals surface area contributed by atoms with Crippen molar-refractivity contribution in [2.45, 2.75) is 24.8 Å². The van der Waals surface area contributed by atoms with E-state index in [2.05, 4.69) is 5.32 Å². The Hall–Kier alpha value is -1.35. The van der Waals surface area contributed by atoms with E-state index in [0.717, 1.165) is 19.4 Å². The molecule has 1 unspecified atom stereocenters. The van der Waals surface area contributed by atoms with Crippen LogP contribution in [0.15, 0.2) is 30.3 Å². The quantitative estimate of drug-likeness (QED) is 0.783. The summed E-state index contributed by atoms with van der Waals surface area (Å²) in [4.78, 5) is 11.9. The van der Waals surface area contributed by atoms with Crippen molar-refractivity contribution in [1.29, 1.82) is 0 Å². The van der Waals surface area contributed by atoms with Crippen molar-refractivity contribution in [2.24, 2.45) is 0 Å². The molecule has 1 aliphatic rings. The van der Waals surface area contributed by atoms with Crippen molar-refractivity contribution < 1.29 is 9.53 Å². The molecule has 0 radical (unpaired) electrons. The molecule has 0 aromatic heterocycles. The Morgan fingerprint density at radius 3 is 2.75 bits per heavy atom. The molecule has 1 N–H and O–H groups in total. The van der Waals surface area contributed by atoms with Gasteiger partial charge in [0.1, 0.15) is 5.54 Å². The summed E-state index contributed by atoms with van der Waals surface area (Å²) in [5, 5.41) is 3.29. The van der Waals surface area contributed by atoms with Crippen LogP contribution in [-0.2, 0) is 16.0 Å². The molecule has 1 fully saturated rings. The van der Waals surface area contributed by atoms with E-state index in [9.17, 15) is 4.79 Å². The number of hydrogen-bond donors (Lipinski definition) is 1. The molecule has 1 aliphatic heterocycles. The van der Waals surface area contributed by atoms with Crippen molar-refractivity contribution in [2.75, 3.05) is 13.7 Å². The second kappa shape index (κ2) is 4.66. The summed E-state index contributed by atoms with van der Waals surface area (Å²) in [6.45, 7) is 0.891. The molecule has 1 aromatic carbocycles. The molecule has 3 nitrogen and oxygen atoms in total. The number of rotatable bonds is 3. The number of carbonyl (C=O) groups is 1. The molecular weight excluding hydrogens is 202 g/mol. The third-order valence-corrected chi connectivity index (χ3v) is 3.17. The van der Waals surface area contributed by atoms with Crippen molar-refractivity contribution in [3.8, 4) is 0 Å². The van der Waals surface area contributed by atoms with Crippen LogP contribution in [0.5, 0.6) is 0 Å². The van der Waals surface area contributed by atoms with Gasteiger partial charge in [-0.05, 0) is 24.9 Å². The molecule has 86 valence electrons. The molecule has 0 spiro atoms. The molecule has 1 heterocycles. The Kier molecular flexibility index (Phi) is 3.25. The highest BCUT2D eigenvalue weighted by atomic mass is 16.5. The maximum Gasteiger partial charge on any atom is 0.326 e. The van der Waals surface area contributed by atoms with E-state index in [1.807, 2.05) is 30.3 Å². The molecule has 1 aromatic rings. The molecule has 0 aliphatic carbocycles. The fraction of sp³-hybridized carbons (Fsp3) is 0.462. The molecule has 0 amide bonds. The van der Waals surface area contributed by atoms with Gasteiger partial charge < -0.3 is 10.1 Å². The molecule has 1 atom stereocenters. The van der Waals surface area contributed by atoms with Gasteiger partial charge in [0.15, 0.2) is 0 Å². The highest BCUT2D eigenvalue weighted by molar-refractivity contribution is 5.81. The van der Waals surface area contributed by atoms with Gasteiger partial charge in [-0.3, -0.25) is 4.79 Å². The molecular formula is C13H17NO2. The van der Waals surface area contributed by atoms with E-state index in [-0.39, 0.29) is 5.97 Å². The highest BCUT2D eigenvalue weighted by Gasteiger charge is 2.41. The summed E-state index contributed by atoms with van der Waals surface area (Å²) in [6, 6.07) is 10.1. The van der Waals surface area contributed by atoms with E-state index in [4.69, 9.17) is 4.74 Å². The van der Waals surface area contributed by atoms with Gasteiger partial charge in [0.25, 0.3) is 0 Å². The Morgan fingerprint density at radius 2 is 2.19 bits per heavy atom. The first-order valence-corrected chi connectivity index (χ1v) is 5.64. The van der Waals surface area contributed by atoms with Gasteiger partial charge in [-0.2, -0.15) is 0 Å². The van der Waals surface area contributed by atoms with Crippen molar-refractivity contribution in [3.63, 3.8) is 0 Å². The van der Waals surface area contributed by atoms with Crippen LogP contribution in [0.1, 0.15) is 18.4 Å². The molecule has 2 rings (SSSR count). The maximum atomic E-state index is 11.9. The average Bonchev–Trinajstić information content (AvgIpc) is 2.79. The lowest BCUT2D eigenvalue weighted by Crippen LogP contribution is -2.50. The third kappa shape index (κ3) is 2.09. The van der Waals surface area contributed by atoms with Crippen LogP contribution < -0.4 is 5.32 Å². The number of methoxy groups -OCH3 is 1. The second-order valence-electron chi connectivity index (χ2n) is 4.27. The summed E-state index contributed by atoms with van der Waals surface area (Å²) in [7, 11) is 1.45. The fourth-order valence-electron chi connectivity index (χ4n) is 2.34. The first-order chi connectivity index (χ1) is 7.77. The molecule has 0 saturated carbocycles. The monoisotopic (exact) mass is 219 g/mol. The molecule has 0 bridgehead atoms. The van der Waals surface area contributed by atoms with Crippen LogP contribution in [-0.4, -0.2) is 25.2 Å². The number of benzene rings is 1. The van der Waals surface area contributed by atoms with Crippen LogP contribution in [0.4, 0.5) is 0 Å². The predicted octanol–water partition coefficient (Wildman–Crippen LogP) is 1.52. The van der Waals surface area contributed by atoms with E-state index in [1.54, 1.807) is 0 Å². The van der Waals surface area contributed by atoms with Crippen LogP contribution in [0.25, 0.3) is 0 Å². The minimum Gasteiger partial charge on any atom is -0.468 e. The number of esters is 1. The minimum atomic E-state index is -0.504. The lowest BCUT2D eigenvalue weighted by Gasteiger charge is -2.26. The van der Waals surface area contributed by atoms with Crippen LogP contribution >= 0.6 is 0 Å². The van der Waals surface area contributed by atoms with E-state index in [0.29, 0.717) is 6.42 Å². The highest BCUT2D eigenvalue weighted by Crippen LogP contribution is 2.25. The van der Waals surface area contributed by atoms with Gasteiger partial charge in [-0.1, -0.05) is 30.3 Å². The zero-order valence-corrected chi connectivity index (χ0v) is 9.53. The van der Waals surface area contributed by atoms with Gasteiger partial charge in [0.05, 0.1) is 7.11 Å². The lowest BCUT2D eigenvalue weighted by molar-refractivity contribution is -0.148. The average molecular weight is 219 g/mol. The summed E-state index contributed by atoms with van der Waals surface area (Å²) < 4.78 is 4.91. The van der Waals surface area contributed by atoms with Gasteiger partial charge in [0.2, 0.25) is 0 Å². The van der Waals surface area contributed by atoms with Gasteiger partial charge in [-0.25, -0.2) is 0 Å². The SMILES string of the molecule is COC(=O)C1(Cc2ccccc2)CCCN1. The minimum absolute atomic E-state index is 0.145. The zero-order chi connectivity index (χ0) is 11.4. The summed E-state index contributed by atoms with van der Waals surface area (Å²) in [5.74, 6) is -0.145. The summed E-state index contributed by atoms with van der Waals surface area (Å²) in [5.41, 5.74) is 0.665. The van der Waals surface area contributed by atoms with E-state index >= 15 is 0 Å². The maximum absolute atomic E-state index is 11.9. The first-order valence-electron chi connectivity index (χ1n) is 5.64. The normalized spacial score (nSPS) is 24.3. The van der Waals surface area contributed by atoms with Crippen molar-refractivity contribution in [3.05, 3.63) is 35.9 Å². The molecule has 1 saturated heterocycles. The number of nitrogens with one attached hydrogen (secondary N) is 1. The fourth-order valence-corrected chi connectivity index (χ4v) is 2.34.